The van der Waals surface area contributed by atoms with Crippen LogP contribution in [0, 0.1) is 12.8 Å². The number of piperidine rings is 1. The third-order valence-corrected chi connectivity index (χ3v) is 3.32. The molecule has 0 radical (unpaired) electrons. The third-order valence-electron chi connectivity index (χ3n) is 3.32. The molecule has 5 heteroatoms. The highest BCUT2D eigenvalue weighted by molar-refractivity contribution is 5.75. The molecule has 0 spiro atoms. The lowest BCUT2D eigenvalue weighted by Crippen LogP contribution is -2.31. The lowest BCUT2D eigenvalue weighted by molar-refractivity contribution is -0.121. The number of rotatable bonds is 5. The number of amides is 1. The number of hydrogen-bond donors (Lipinski definition) is 2. The summed E-state index contributed by atoms with van der Waals surface area (Å²) >= 11 is 0. The molecule has 1 fully saturated rings. The molecule has 1 aliphatic heterocycles. The molecule has 0 saturated carbocycles. The number of nitrogens with one attached hydrogen (secondary N) is 2. The zero-order chi connectivity index (χ0) is 12.8. The van der Waals surface area contributed by atoms with Crippen molar-refractivity contribution in [2.45, 2.75) is 39.2 Å². The average Bonchev–Trinajstić information content (AvgIpc) is 2.81. The summed E-state index contributed by atoms with van der Waals surface area (Å²) in [5.74, 6) is 1.52. The van der Waals surface area contributed by atoms with E-state index in [4.69, 9.17) is 4.52 Å². The molecule has 2 rings (SSSR count). The summed E-state index contributed by atoms with van der Waals surface area (Å²) < 4.78 is 4.94. The molecule has 0 aliphatic carbocycles. The molecule has 1 unspecified atom stereocenters. The summed E-state index contributed by atoms with van der Waals surface area (Å²) in [6.07, 6.45) is 4.03. The standard InChI is InChI=1S/C13H21N3O2/c1-10-7-12(16-18-10)9-15-13(17)5-4-11-3-2-6-14-8-11/h7,11,14H,2-6,8-9H2,1H3,(H,15,17). The normalized spacial score (nSPS) is 19.7. The summed E-state index contributed by atoms with van der Waals surface area (Å²) in [6, 6.07) is 1.84. The van der Waals surface area contributed by atoms with Gasteiger partial charge in [0.15, 0.2) is 0 Å². The van der Waals surface area contributed by atoms with Crippen LogP contribution in [-0.4, -0.2) is 24.2 Å². The summed E-state index contributed by atoms with van der Waals surface area (Å²) in [6.45, 7) is 4.47. The molecule has 1 atom stereocenters. The maximum absolute atomic E-state index is 11.7. The van der Waals surface area contributed by atoms with E-state index in [9.17, 15) is 4.79 Å². The van der Waals surface area contributed by atoms with Crippen molar-refractivity contribution < 1.29 is 9.32 Å². The summed E-state index contributed by atoms with van der Waals surface area (Å²) in [7, 11) is 0. The van der Waals surface area contributed by atoms with E-state index in [-0.39, 0.29) is 5.91 Å². The van der Waals surface area contributed by atoms with Gasteiger partial charge in [-0.05, 0) is 45.2 Å². The van der Waals surface area contributed by atoms with Crippen molar-refractivity contribution in [1.82, 2.24) is 15.8 Å². The Balaban J connectivity index is 1.62. The smallest absolute Gasteiger partial charge is 0.220 e. The van der Waals surface area contributed by atoms with Crippen LogP contribution in [0.4, 0.5) is 0 Å². The first-order chi connectivity index (χ1) is 8.74. The molecule has 18 heavy (non-hydrogen) atoms. The van der Waals surface area contributed by atoms with Crippen LogP contribution in [0.5, 0.6) is 0 Å². The van der Waals surface area contributed by atoms with Crippen LogP contribution in [0.1, 0.15) is 37.1 Å². The molecule has 2 N–H and O–H groups in total. The van der Waals surface area contributed by atoms with Crippen molar-refractivity contribution in [3.8, 4) is 0 Å². The molecule has 1 aliphatic rings. The van der Waals surface area contributed by atoms with Gasteiger partial charge in [0, 0.05) is 12.5 Å². The fourth-order valence-corrected chi connectivity index (χ4v) is 2.28. The van der Waals surface area contributed by atoms with E-state index < -0.39 is 0 Å². The Morgan fingerprint density at radius 1 is 1.67 bits per heavy atom. The van der Waals surface area contributed by atoms with Crippen LogP contribution in [-0.2, 0) is 11.3 Å². The van der Waals surface area contributed by atoms with Gasteiger partial charge in [0.2, 0.25) is 5.91 Å². The Bertz CT molecular complexity index is 383. The molecule has 1 saturated heterocycles. The largest absolute Gasteiger partial charge is 0.361 e. The second kappa shape index (κ2) is 6.54. The molecule has 0 bridgehead atoms. The molecule has 0 aromatic carbocycles. The summed E-state index contributed by atoms with van der Waals surface area (Å²) in [5, 5.41) is 10.1. The maximum atomic E-state index is 11.7. The Kier molecular flexibility index (Phi) is 4.75. The second-order valence-corrected chi connectivity index (χ2v) is 4.96. The first-order valence-corrected chi connectivity index (χ1v) is 6.63. The molecule has 100 valence electrons. The van der Waals surface area contributed by atoms with Crippen LogP contribution in [0.25, 0.3) is 0 Å². The summed E-state index contributed by atoms with van der Waals surface area (Å²) in [5.41, 5.74) is 0.778. The fourth-order valence-electron chi connectivity index (χ4n) is 2.28. The van der Waals surface area contributed by atoms with E-state index in [0.717, 1.165) is 31.0 Å². The monoisotopic (exact) mass is 251 g/mol. The lowest BCUT2D eigenvalue weighted by atomic mass is 9.94. The van der Waals surface area contributed by atoms with Crippen LogP contribution < -0.4 is 10.6 Å². The Hall–Kier alpha value is -1.36. The number of carbonyl (C=O) groups is 1. The molecule has 1 amide bonds. The van der Waals surface area contributed by atoms with Crippen molar-refractivity contribution in [3.63, 3.8) is 0 Å². The minimum Gasteiger partial charge on any atom is -0.361 e. The maximum Gasteiger partial charge on any atom is 0.220 e. The molecule has 1 aromatic rings. The Morgan fingerprint density at radius 3 is 3.22 bits per heavy atom. The predicted octanol–water partition coefficient (Wildman–Crippen LogP) is 1.38. The zero-order valence-corrected chi connectivity index (χ0v) is 10.9. The topological polar surface area (TPSA) is 67.2 Å². The van der Waals surface area contributed by atoms with Crippen LogP contribution in [0.15, 0.2) is 10.6 Å². The van der Waals surface area contributed by atoms with Crippen LogP contribution >= 0.6 is 0 Å². The van der Waals surface area contributed by atoms with Crippen molar-refractivity contribution in [2.24, 2.45) is 5.92 Å². The zero-order valence-electron chi connectivity index (χ0n) is 10.9. The number of aryl methyl sites for hydroxylation is 1. The minimum absolute atomic E-state index is 0.0984. The fraction of sp³-hybridized carbons (Fsp3) is 0.692. The van der Waals surface area contributed by atoms with E-state index in [0.29, 0.717) is 18.9 Å². The molecular formula is C13H21N3O2. The highest BCUT2D eigenvalue weighted by atomic mass is 16.5. The van der Waals surface area contributed by atoms with Crippen molar-refractivity contribution in [1.29, 1.82) is 0 Å². The van der Waals surface area contributed by atoms with Gasteiger partial charge < -0.3 is 15.2 Å². The van der Waals surface area contributed by atoms with Gasteiger partial charge in [-0.3, -0.25) is 4.79 Å². The van der Waals surface area contributed by atoms with Crippen molar-refractivity contribution in [3.05, 3.63) is 17.5 Å². The SMILES string of the molecule is Cc1cc(CNC(=O)CCC2CCCNC2)no1. The minimum atomic E-state index is 0.0984. The van der Waals surface area contributed by atoms with Gasteiger partial charge in [-0.25, -0.2) is 0 Å². The van der Waals surface area contributed by atoms with Crippen LogP contribution in [0.3, 0.4) is 0 Å². The number of hydrogen-bond acceptors (Lipinski definition) is 4. The molecule has 5 nitrogen and oxygen atoms in total. The quantitative estimate of drug-likeness (QED) is 0.829. The average molecular weight is 251 g/mol. The second-order valence-electron chi connectivity index (χ2n) is 4.96. The van der Waals surface area contributed by atoms with Crippen molar-refractivity contribution >= 4 is 5.91 Å². The Labute approximate surface area is 107 Å². The lowest BCUT2D eigenvalue weighted by Gasteiger charge is -2.22. The number of nitrogens with zero attached hydrogens (tertiary/aromatic N) is 1. The van der Waals surface area contributed by atoms with Gasteiger partial charge in [0.1, 0.15) is 11.5 Å². The predicted molar refractivity (Wildman–Crippen MR) is 67.9 cm³/mol. The first kappa shape index (κ1) is 13.1. The van der Waals surface area contributed by atoms with Gasteiger partial charge in [-0.15, -0.1) is 0 Å². The van der Waals surface area contributed by atoms with Gasteiger partial charge >= 0.3 is 0 Å². The van der Waals surface area contributed by atoms with Gasteiger partial charge in [0.25, 0.3) is 0 Å². The van der Waals surface area contributed by atoms with Gasteiger partial charge in [-0.1, -0.05) is 5.16 Å². The van der Waals surface area contributed by atoms with Crippen LogP contribution in [0.2, 0.25) is 0 Å². The van der Waals surface area contributed by atoms with E-state index in [1.807, 2.05) is 13.0 Å². The number of carbonyl (C=O) groups excluding carboxylic acids is 1. The van der Waals surface area contributed by atoms with E-state index in [1.165, 1.54) is 12.8 Å². The molecule has 2 heterocycles. The van der Waals surface area contributed by atoms with E-state index in [1.54, 1.807) is 0 Å². The van der Waals surface area contributed by atoms with Gasteiger partial charge in [-0.2, -0.15) is 0 Å². The third kappa shape index (κ3) is 4.14. The van der Waals surface area contributed by atoms with Gasteiger partial charge in [0.05, 0.1) is 6.54 Å². The molecular weight excluding hydrogens is 230 g/mol. The van der Waals surface area contributed by atoms with E-state index >= 15 is 0 Å². The highest BCUT2D eigenvalue weighted by Crippen LogP contribution is 2.15. The number of aromatic nitrogens is 1. The highest BCUT2D eigenvalue weighted by Gasteiger charge is 2.14. The van der Waals surface area contributed by atoms with Crippen molar-refractivity contribution in [2.75, 3.05) is 13.1 Å². The Morgan fingerprint density at radius 2 is 2.56 bits per heavy atom. The first-order valence-electron chi connectivity index (χ1n) is 6.63. The molecule has 1 aromatic heterocycles. The summed E-state index contributed by atoms with van der Waals surface area (Å²) in [4.78, 5) is 11.7. The van der Waals surface area contributed by atoms with E-state index in [2.05, 4.69) is 15.8 Å².